The highest BCUT2D eigenvalue weighted by Gasteiger charge is 2.11. The fourth-order valence-electron chi connectivity index (χ4n) is 2.29. The Balaban J connectivity index is 2.17. The molecule has 0 aliphatic rings. The Kier molecular flexibility index (Phi) is 6.82. The summed E-state index contributed by atoms with van der Waals surface area (Å²) in [5, 5.41) is 12.5. The van der Waals surface area contributed by atoms with Crippen molar-refractivity contribution < 1.29 is 9.53 Å². The number of aryl methyl sites for hydroxylation is 1. The van der Waals surface area contributed by atoms with Gasteiger partial charge in [-0.1, -0.05) is 36.7 Å². The fourth-order valence-corrected chi connectivity index (χ4v) is 2.53. The Labute approximate surface area is 159 Å². The molecule has 0 atom stereocenters. The molecule has 2 aromatic rings. The average molecular weight is 369 g/mol. The monoisotopic (exact) mass is 368 g/mol. The van der Waals surface area contributed by atoms with E-state index < -0.39 is 5.91 Å². The molecule has 0 spiro atoms. The maximum Gasteiger partial charge on any atom is 0.266 e. The Morgan fingerprint density at radius 2 is 1.96 bits per heavy atom. The number of anilines is 1. The zero-order valence-corrected chi connectivity index (χ0v) is 15.8. The Hall–Kier alpha value is -2.77. The molecule has 0 aliphatic heterocycles. The van der Waals surface area contributed by atoms with Crippen molar-refractivity contribution in [2.75, 3.05) is 5.32 Å². The molecule has 0 aromatic heterocycles. The lowest BCUT2D eigenvalue weighted by molar-refractivity contribution is -0.112. The summed E-state index contributed by atoms with van der Waals surface area (Å²) in [6.45, 7) is 5.89. The minimum absolute atomic E-state index is 0.00170. The molecule has 1 N–H and O–H groups in total. The van der Waals surface area contributed by atoms with E-state index in [1.807, 2.05) is 44.2 Å². The largest absolute Gasteiger partial charge is 0.489 e. The number of hydrogen-bond acceptors (Lipinski definition) is 3. The fraction of sp³-hybridized carbons (Fsp3) is 0.238. The first-order chi connectivity index (χ1) is 12.4. The van der Waals surface area contributed by atoms with Crippen LogP contribution in [0.15, 0.2) is 48.0 Å². The van der Waals surface area contributed by atoms with Crippen LogP contribution in [-0.2, 0) is 11.2 Å². The maximum atomic E-state index is 12.3. The Morgan fingerprint density at radius 1 is 1.27 bits per heavy atom. The van der Waals surface area contributed by atoms with E-state index in [9.17, 15) is 10.1 Å². The van der Waals surface area contributed by atoms with Crippen molar-refractivity contribution in [3.05, 3.63) is 64.2 Å². The van der Waals surface area contributed by atoms with E-state index in [0.29, 0.717) is 22.0 Å². The van der Waals surface area contributed by atoms with Crippen molar-refractivity contribution in [1.29, 1.82) is 5.26 Å². The SMILES string of the molecule is CCc1ccc(NC(=O)/C(C#N)=C/c2ccc(OC(C)C)c(Cl)c2)cc1. The van der Waals surface area contributed by atoms with E-state index in [1.165, 1.54) is 11.6 Å². The van der Waals surface area contributed by atoms with Gasteiger partial charge in [0.05, 0.1) is 11.1 Å². The number of amides is 1. The molecule has 0 heterocycles. The molecule has 26 heavy (non-hydrogen) atoms. The van der Waals surface area contributed by atoms with Crippen LogP contribution in [0.5, 0.6) is 5.75 Å². The number of ether oxygens (including phenoxy) is 1. The molecule has 0 bridgehead atoms. The van der Waals surface area contributed by atoms with E-state index in [0.717, 1.165) is 6.42 Å². The van der Waals surface area contributed by atoms with Crippen molar-refractivity contribution >= 4 is 29.3 Å². The number of rotatable bonds is 6. The molecule has 0 saturated heterocycles. The quantitative estimate of drug-likeness (QED) is 0.560. The first-order valence-electron chi connectivity index (χ1n) is 8.41. The van der Waals surface area contributed by atoms with Gasteiger partial charge >= 0.3 is 0 Å². The Bertz CT molecular complexity index is 849. The van der Waals surface area contributed by atoms with Crippen LogP contribution in [0.1, 0.15) is 31.9 Å². The lowest BCUT2D eigenvalue weighted by Gasteiger charge is -2.11. The van der Waals surface area contributed by atoms with Gasteiger partial charge in [-0.25, -0.2) is 0 Å². The summed E-state index contributed by atoms with van der Waals surface area (Å²) in [5.41, 5.74) is 2.47. The number of nitrogens with zero attached hydrogens (tertiary/aromatic N) is 1. The predicted molar refractivity (Wildman–Crippen MR) is 105 cm³/mol. The van der Waals surface area contributed by atoms with Crippen LogP contribution >= 0.6 is 11.6 Å². The number of benzene rings is 2. The van der Waals surface area contributed by atoms with Gasteiger partial charge in [0.25, 0.3) is 5.91 Å². The zero-order valence-electron chi connectivity index (χ0n) is 15.0. The highest BCUT2D eigenvalue weighted by molar-refractivity contribution is 6.32. The summed E-state index contributed by atoms with van der Waals surface area (Å²) in [5.74, 6) is 0.105. The molecule has 2 rings (SSSR count). The third kappa shape index (κ3) is 5.37. The second kappa shape index (κ2) is 9.07. The molecule has 0 saturated carbocycles. The van der Waals surface area contributed by atoms with Crippen LogP contribution in [0, 0.1) is 11.3 Å². The topological polar surface area (TPSA) is 62.1 Å². The molecule has 5 heteroatoms. The van der Waals surface area contributed by atoms with Crippen molar-refractivity contribution in [2.45, 2.75) is 33.3 Å². The van der Waals surface area contributed by atoms with Crippen molar-refractivity contribution in [3.8, 4) is 11.8 Å². The molecule has 0 fully saturated rings. The summed E-state index contributed by atoms with van der Waals surface area (Å²) >= 11 is 6.20. The average Bonchev–Trinajstić information content (AvgIpc) is 2.62. The van der Waals surface area contributed by atoms with Crippen LogP contribution in [0.3, 0.4) is 0 Å². The molecule has 2 aromatic carbocycles. The summed E-state index contributed by atoms with van der Waals surface area (Å²) < 4.78 is 5.58. The third-order valence-electron chi connectivity index (χ3n) is 3.61. The van der Waals surface area contributed by atoms with Crippen molar-refractivity contribution in [3.63, 3.8) is 0 Å². The second-order valence-electron chi connectivity index (χ2n) is 6.03. The lowest BCUT2D eigenvalue weighted by Crippen LogP contribution is -2.13. The van der Waals surface area contributed by atoms with Crippen LogP contribution in [0.2, 0.25) is 5.02 Å². The Morgan fingerprint density at radius 3 is 2.50 bits per heavy atom. The molecule has 0 unspecified atom stereocenters. The smallest absolute Gasteiger partial charge is 0.266 e. The van der Waals surface area contributed by atoms with Gasteiger partial charge in [-0.15, -0.1) is 0 Å². The second-order valence-corrected chi connectivity index (χ2v) is 6.44. The standard InChI is InChI=1S/C21H21ClN2O2/c1-4-15-5-8-18(9-6-15)24-21(25)17(13-23)11-16-7-10-20(19(22)12-16)26-14(2)3/h5-12,14H,4H2,1-3H3,(H,24,25)/b17-11+. The number of nitriles is 1. The highest BCUT2D eigenvalue weighted by atomic mass is 35.5. The lowest BCUT2D eigenvalue weighted by atomic mass is 10.1. The molecule has 0 radical (unpaired) electrons. The van der Waals surface area contributed by atoms with Crippen LogP contribution in [0.25, 0.3) is 6.08 Å². The first-order valence-corrected chi connectivity index (χ1v) is 8.79. The predicted octanol–water partition coefficient (Wildman–Crippen LogP) is 5.24. The van der Waals surface area contributed by atoms with Crippen molar-refractivity contribution in [2.24, 2.45) is 0 Å². The van der Waals surface area contributed by atoms with E-state index in [4.69, 9.17) is 16.3 Å². The highest BCUT2D eigenvalue weighted by Crippen LogP contribution is 2.27. The number of carbonyl (C=O) groups is 1. The number of carbonyl (C=O) groups excluding carboxylic acids is 1. The summed E-state index contributed by atoms with van der Waals surface area (Å²) in [6, 6.07) is 14.6. The summed E-state index contributed by atoms with van der Waals surface area (Å²) in [7, 11) is 0. The minimum Gasteiger partial charge on any atom is -0.489 e. The van der Waals surface area contributed by atoms with Gasteiger partial charge in [0, 0.05) is 5.69 Å². The minimum atomic E-state index is -0.463. The summed E-state index contributed by atoms with van der Waals surface area (Å²) in [4.78, 5) is 12.3. The van der Waals surface area contributed by atoms with Gasteiger partial charge in [-0.2, -0.15) is 5.26 Å². The van der Waals surface area contributed by atoms with Gasteiger partial charge in [0.2, 0.25) is 0 Å². The zero-order chi connectivity index (χ0) is 19.1. The van der Waals surface area contributed by atoms with Crippen LogP contribution in [0.4, 0.5) is 5.69 Å². The van der Waals surface area contributed by atoms with Crippen molar-refractivity contribution in [1.82, 2.24) is 0 Å². The number of hydrogen-bond donors (Lipinski definition) is 1. The van der Waals surface area contributed by atoms with E-state index in [2.05, 4.69) is 12.2 Å². The van der Waals surface area contributed by atoms with E-state index in [-0.39, 0.29) is 11.7 Å². The van der Waals surface area contributed by atoms with Gasteiger partial charge < -0.3 is 10.1 Å². The van der Waals surface area contributed by atoms with Gasteiger partial charge in [0.1, 0.15) is 17.4 Å². The molecule has 4 nitrogen and oxygen atoms in total. The van der Waals surface area contributed by atoms with Gasteiger partial charge in [-0.05, 0) is 61.7 Å². The molecule has 1 amide bonds. The third-order valence-corrected chi connectivity index (χ3v) is 3.91. The molecule has 0 aliphatic carbocycles. The van der Waals surface area contributed by atoms with Gasteiger partial charge in [-0.3, -0.25) is 4.79 Å². The molecular formula is C21H21ClN2O2. The number of nitrogens with one attached hydrogen (secondary N) is 1. The van der Waals surface area contributed by atoms with Crippen LogP contribution in [-0.4, -0.2) is 12.0 Å². The molecular weight excluding hydrogens is 348 g/mol. The van der Waals surface area contributed by atoms with E-state index in [1.54, 1.807) is 18.2 Å². The van der Waals surface area contributed by atoms with E-state index >= 15 is 0 Å². The normalized spacial score (nSPS) is 11.2. The molecule has 134 valence electrons. The number of halogens is 1. The maximum absolute atomic E-state index is 12.3. The van der Waals surface area contributed by atoms with Crippen LogP contribution < -0.4 is 10.1 Å². The summed E-state index contributed by atoms with van der Waals surface area (Å²) in [6.07, 6.45) is 2.43. The first kappa shape index (κ1) is 19.6. The van der Waals surface area contributed by atoms with Gasteiger partial charge in [0.15, 0.2) is 0 Å².